The van der Waals surface area contributed by atoms with Gasteiger partial charge in [-0.3, -0.25) is 4.79 Å². The van der Waals surface area contributed by atoms with Crippen LogP contribution in [0, 0.1) is 0 Å². The van der Waals surface area contributed by atoms with Gasteiger partial charge < -0.3 is 5.11 Å². The average Bonchev–Trinajstić information content (AvgIpc) is 2.95. The molecule has 100 valence electrons. The van der Waals surface area contributed by atoms with Crippen LogP contribution >= 0.6 is 11.8 Å². The normalized spacial score (nSPS) is 18.1. The number of rotatable bonds is 6. The Hall–Kier alpha value is -1.11. The van der Waals surface area contributed by atoms with Crippen LogP contribution in [0.25, 0.3) is 0 Å². The standard InChI is InChI=1S/C11H18N4O2S/c1-8(6-7-10(16)17)18-11-12-13-14-15(11)9-4-2-3-5-9/h8-9H,2-7H2,1H3,(H,16,17). The minimum Gasteiger partial charge on any atom is -0.481 e. The van der Waals surface area contributed by atoms with Crippen molar-refractivity contribution >= 4 is 17.7 Å². The van der Waals surface area contributed by atoms with E-state index in [1.54, 1.807) is 11.8 Å². The minimum atomic E-state index is -0.752. The Bertz CT molecular complexity index is 404. The Morgan fingerprint density at radius 3 is 2.94 bits per heavy atom. The molecule has 1 atom stereocenters. The lowest BCUT2D eigenvalue weighted by atomic mass is 10.2. The minimum absolute atomic E-state index is 0.194. The lowest BCUT2D eigenvalue weighted by Crippen LogP contribution is -2.10. The first-order valence-corrected chi connectivity index (χ1v) is 7.21. The summed E-state index contributed by atoms with van der Waals surface area (Å²) in [7, 11) is 0. The molecule has 0 bridgehead atoms. The van der Waals surface area contributed by atoms with Crippen LogP contribution in [0.5, 0.6) is 0 Å². The van der Waals surface area contributed by atoms with E-state index in [1.807, 2.05) is 11.6 Å². The highest BCUT2D eigenvalue weighted by Crippen LogP contribution is 2.33. The molecule has 2 rings (SSSR count). The van der Waals surface area contributed by atoms with Crippen molar-refractivity contribution in [3.05, 3.63) is 0 Å². The van der Waals surface area contributed by atoms with Crippen LogP contribution in [0.3, 0.4) is 0 Å². The first-order chi connectivity index (χ1) is 8.66. The first-order valence-electron chi connectivity index (χ1n) is 6.33. The third-order valence-corrected chi connectivity index (χ3v) is 4.32. The second kappa shape index (κ2) is 6.17. The molecule has 0 aliphatic heterocycles. The van der Waals surface area contributed by atoms with Gasteiger partial charge in [0, 0.05) is 11.7 Å². The van der Waals surface area contributed by atoms with Crippen LogP contribution in [0.2, 0.25) is 0 Å². The molecule has 0 spiro atoms. The first kappa shape index (κ1) is 13.3. The molecular formula is C11H18N4O2S. The van der Waals surface area contributed by atoms with E-state index in [0.717, 1.165) is 18.0 Å². The van der Waals surface area contributed by atoms with Gasteiger partial charge in [-0.05, 0) is 29.7 Å². The average molecular weight is 270 g/mol. The van der Waals surface area contributed by atoms with E-state index in [4.69, 9.17) is 5.11 Å². The Balaban J connectivity index is 1.92. The topological polar surface area (TPSA) is 80.9 Å². The quantitative estimate of drug-likeness (QED) is 0.798. The maximum Gasteiger partial charge on any atom is 0.303 e. The van der Waals surface area contributed by atoms with E-state index in [2.05, 4.69) is 15.5 Å². The van der Waals surface area contributed by atoms with Crippen LogP contribution in [0.15, 0.2) is 5.16 Å². The molecule has 1 fully saturated rings. The number of carbonyl (C=O) groups is 1. The van der Waals surface area contributed by atoms with E-state index in [-0.39, 0.29) is 11.7 Å². The third kappa shape index (κ3) is 3.44. The zero-order valence-corrected chi connectivity index (χ0v) is 11.3. The predicted molar refractivity (Wildman–Crippen MR) is 67.5 cm³/mol. The van der Waals surface area contributed by atoms with Crippen molar-refractivity contribution in [1.29, 1.82) is 0 Å². The molecular weight excluding hydrogens is 252 g/mol. The van der Waals surface area contributed by atoms with E-state index in [9.17, 15) is 4.79 Å². The van der Waals surface area contributed by atoms with Gasteiger partial charge in [-0.15, -0.1) is 5.10 Å². The van der Waals surface area contributed by atoms with E-state index >= 15 is 0 Å². The number of tetrazole rings is 1. The smallest absolute Gasteiger partial charge is 0.303 e. The van der Waals surface area contributed by atoms with Gasteiger partial charge in [0.05, 0.1) is 6.04 Å². The highest BCUT2D eigenvalue weighted by Gasteiger charge is 2.22. The number of aliphatic carboxylic acids is 1. The van der Waals surface area contributed by atoms with Gasteiger partial charge >= 0.3 is 5.97 Å². The fraction of sp³-hybridized carbons (Fsp3) is 0.818. The van der Waals surface area contributed by atoms with Gasteiger partial charge in [0.25, 0.3) is 0 Å². The van der Waals surface area contributed by atoms with Crippen molar-refractivity contribution in [2.24, 2.45) is 0 Å². The van der Waals surface area contributed by atoms with E-state index in [0.29, 0.717) is 12.5 Å². The number of hydrogen-bond acceptors (Lipinski definition) is 5. The molecule has 1 N–H and O–H groups in total. The number of carboxylic acid groups (broad SMARTS) is 1. The second-order valence-electron chi connectivity index (χ2n) is 4.71. The fourth-order valence-electron chi connectivity index (χ4n) is 2.21. The van der Waals surface area contributed by atoms with Crippen molar-refractivity contribution in [1.82, 2.24) is 20.2 Å². The van der Waals surface area contributed by atoms with E-state index < -0.39 is 5.97 Å². The maximum atomic E-state index is 10.5. The molecule has 6 nitrogen and oxygen atoms in total. The molecule has 1 aromatic heterocycles. The number of hydrogen-bond donors (Lipinski definition) is 1. The Kier molecular flexibility index (Phi) is 4.57. The molecule has 0 amide bonds. The molecule has 0 saturated heterocycles. The molecule has 1 aliphatic rings. The summed E-state index contributed by atoms with van der Waals surface area (Å²) >= 11 is 1.57. The van der Waals surface area contributed by atoms with Crippen molar-refractivity contribution in [2.75, 3.05) is 0 Å². The van der Waals surface area contributed by atoms with Gasteiger partial charge in [0.15, 0.2) is 0 Å². The number of aromatic nitrogens is 4. The SMILES string of the molecule is CC(CCC(=O)O)Sc1nnnn1C1CCCC1. The van der Waals surface area contributed by atoms with Crippen LogP contribution in [-0.2, 0) is 4.79 Å². The van der Waals surface area contributed by atoms with Crippen LogP contribution in [-0.4, -0.2) is 36.5 Å². The molecule has 1 unspecified atom stereocenters. The third-order valence-electron chi connectivity index (χ3n) is 3.20. The van der Waals surface area contributed by atoms with Crippen molar-refractivity contribution < 1.29 is 9.90 Å². The monoisotopic (exact) mass is 270 g/mol. The lowest BCUT2D eigenvalue weighted by molar-refractivity contribution is -0.137. The molecule has 1 heterocycles. The van der Waals surface area contributed by atoms with Crippen molar-refractivity contribution in [3.63, 3.8) is 0 Å². The number of carboxylic acids is 1. The zero-order chi connectivity index (χ0) is 13.0. The molecule has 1 saturated carbocycles. The van der Waals surface area contributed by atoms with Gasteiger partial charge in [0.2, 0.25) is 5.16 Å². The zero-order valence-electron chi connectivity index (χ0n) is 10.4. The maximum absolute atomic E-state index is 10.5. The predicted octanol–water partition coefficient (Wildman–Crippen LogP) is 2.13. The van der Waals surface area contributed by atoms with E-state index in [1.165, 1.54) is 12.8 Å². The summed E-state index contributed by atoms with van der Waals surface area (Å²) in [6.45, 7) is 2.02. The largest absolute Gasteiger partial charge is 0.481 e. The molecule has 1 aliphatic carbocycles. The van der Waals surface area contributed by atoms with Gasteiger partial charge in [-0.1, -0.05) is 31.5 Å². The van der Waals surface area contributed by atoms with Gasteiger partial charge in [-0.25, -0.2) is 4.68 Å². The van der Waals surface area contributed by atoms with Crippen LogP contribution in [0.1, 0.15) is 51.5 Å². The molecule has 0 radical (unpaired) electrons. The Labute approximate surface area is 110 Å². The van der Waals surface area contributed by atoms with Gasteiger partial charge in [-0.2, -0.15) is 0 Å². The Morgan fingerprint density at radius 1 is 1.56 bits per heavy atom. The molecule has 7 heteroatoms. The summed E-state index contributed by atoms with van der Waals surface area (Å²) in [5.74, 6) is -0.752. The van der Waals surface area contributed by atoms with Crippen LogP contribution < -0.4 is 0 Å². The highest BCUT2D eigenvalue weighted by molar-refractivity contribution is 7.99. The molecule has 18 heavy (non-hydrogen) atoms. The summed E-state index contributed by atoms with van der Waals surface area (Å²) in [6.07, 6.45) is 5.59. The van der Waals surface area contributed by atoms with Gasteiger partial charge in [0.1, 0.15) is 0 Å². The highest BCUT2D eigenvalue weighted by atomic mass is 32.2. The Morgan fingerprint density at radius 2 is 2.28 bits per heavy atom. The van der Waals surface area contributed by atoms with Crippen LogP contribution in [0.4, 0.5) is 0 Å². The summed E-state index contributed by atoms with van der Waals surface area (Å²) in [5, 5.41) is 21.5. The fourth-order valence-corrected chi connectivity index (χ4v) is 3.18. The summed E-state index contributed by atoms with van der Waals surface area (Å²) in [5.41, 5.74) is 0. The second-order valence-corrected chi connectivity index (χ2v) is 6.11. The lowest BCUT2D eigenvalue weighted by Gasteiger charge is -2.13. The number of thioether (sulfide) groups is 1. The van der Waals surface area contributed by atoms with Crippen molar-refractivity contribution in [2.45, 2.75) is 61.9 Å². The summed E-state index contributed by atoms with van der Waals surface area (Å²) < 4.78 is 1.91. The number of nitrogens with zero attached hydrogens (tertiary/aromatic N) is 4. The van der Waals surface area contributed by atoms with Crippen molar-refractivity contribution in [3.8, 4) is 0 Å². The molecule has 1 aromatic rings. The summed E-state index contributed by atoms with van der Waals surface area (Å²) in [4.78, 5) is 10.5. The molecule has 0 aromatic carbocycles. The summed E-state index contributed by atoms with van der Waals surface area (Å²) in [6, 6.07) is 0.425.